The number of benzene rings is 1. The molecule has 1 heterocycles. The molecule has 25 heavy (non-hydrogen) atoms. The zero-order valence-corrected chi connectivity index (χ0v) is 15.2. The van der Waals surface area contributed by atoms with Crippen molar-refractivity contribution < 1.29 is 28.8 Å². The summed E-state index contributed by atoms with van der Waals surface area (Å²) in [5.41, 5.74) is 1.24. The Balaban J connectivity index is 2.36. The third-order valence-corrected chi connectivity index (χ3v) is 3.64. The molecule has 6 heteroatoms. The number of carbonyl (C=O) groups excluding carboxylic acids is 2. The number of nitrogens with two attached hydrogens (primary N) is 1. The van der Waals surface area contributed by atoms with Gasteiger partial charge >= 0.3 is 11.9 Å². The van der Waals surface area contributed by atoms with Crippen molar-refractivity contribution in [2.75, 3.05) is 14.2 Å². The van der Waals surface area contributed by atoms with Crippen LogP contribution in [0.4, 0.5) is 0 Å². The Morgan fingerprint density at radius 3 is 2.04 bits per heavy atom. The van der Waals surface area contributed by atoms with Crippen LogP contribution in [0.5, 0.6) is 0 Å². The van der Waals surface area contributed by atoms with Gasteiger partial charge in [0.1, 0.15) is 12.3 Å². The van der Waals surface area contributed by atoms with Gasteiger partial charge in [-0.1, -0.05) is 0 Å². The van der Waals surface area contributed by atoms with Crippen molar-refractivity contribution in [3.63, 3.8) is 0 Å². The molecule has 2 N–H and O–H groups in total. The highest BCUT2D eigenvalue weighted by molar-refractivity contribution is 5.97. The van der Waals surface area contributed by atoms with E-state index in [9.17, 15) is 9.59 Å². The van der Waals surface area contributed by atoms with E-state index in [0.717, 1.165) is 5.76 Å². The van der Waals surface area contributed by atoms with Gasteiger partial charge < -0.3 is 19.2 Å². The molecule has 0 aliphatic carbocycles. The molecule has 0 atom stereocenters. The maximum absolute atomic E-state index is 11.9. The van der Waals surface area contributed by atoms with Crippen LogP contribution in [0.25, 0.3) is 11.3 Å². The highest BCUT2D eigenvalue weighted by Crippen LogP contribution is 2.25. The predicted molar refractivity (Wildman–Crippen MR) is 92.2 cm³/mol. The summed E-state index contributed by atoms with van der Waals surface area (Å²) in [6.07, 6.45) is 0. The minimum absolute atomic E-state index is 0.0931. The van der Waals surface area contributed by atoms with Crippen molar-refractivity contribution in [2.45, 2.75) is 32.9 Å². The van der Waals surface area contributed by atoms with E-state index in [4.69, 9.17) is 13.9 Å². The average molecular weight is 346 g/mol. The van der Waals surface area contributed by atoms with Crippen molar-refractivity contribution in [2.24, 2.45) is 0 Å². The number of rotatable bonds is 5. The Labute approximate surface area is 147 Å². The molecule has 0 bridgehead atoms. The number of hydrogen-bond acceptors (Lipinski definition) is 5. The first-order chi connectivity index (χ1) is 11.7. The van der Waals surface area contributed by atoms with Gasteiger partial charge in [0.15, 0.2) is 5.76 Å². The summed E-state index contributed by atoms with van der Waals surface area (Å²) in [4.78, 5) is 23.7. The molecule has 0 aliphatic heterocycles. The van der Waals surface area contributed by atoms with Gasteiger partial charge in [-0.2, -0.15) is 0 Å². The van der Waals surface area contributed by atoms with Gasteiger partial charge in [0.2, 0.25) is 0 Å². The summed E-state index contributed by atoms with van der Waals surface area (Å²) in [7, 11) is 2.58. The zero-order chi connectivity index (χ0) is 18.6. The summed E-state index contributed by atoms with van der Waals surface area (Å²) in [6.45, 7) is 7.07. The second kappa shape index (κ2) is 7.53. The summed E-state index contributed by atoms with van der Waals surface area (Å²) in [5.74, 6) is 0.334. The van der Waals surface area contributed by atoms with E-state index in [1.165, 1.54) is 20.3 Å². The summed E-state index contributed by atoms with van der Waals surface area (Å²) >= 11 is 0. The topological polar surface area (TPSA) is 82.4 Å². The molecular formula is C19H24NO5+. The van der Waals surface area contributed by atoms with Crippen LogP contribution in [0, 0.1) is 0 Å². The third kappa shape index (κ3) is 4.93. The highest BCUT2D eigenvalue weighted by Gasteiger charge is 2.18. The van der Waals surface area contributed by atoms with Gasteiger partial charge in [0.05, 0.1) is 30.9 Å². The number of methoxy groups -OCH3 is 2. The molecule has 6 nitrogen and oxygen atoms in total. The fourth-order valence-electron chi connectivity index (χ4n) is 2.29. The molecule has 0 unspecified atom stereocenters. The third-order valence-electron chi connectivity index (χ3n) is 3.64. The molecule has 0 aliphatic rings. The Morgan fingerprint density at radius 2 is 1.56 bits per heavy atom. The van der Waals surface area contributed by atoms with Gasteiger partial charge in [0.25, 0.3) is 0 Å². The van der Waals surface area contributed by atoms with Crippen LogP contribution >= 0.6 is 0 Å². The monoisotopic (exact) mass is 346 g/mol. The molecule has 0 spiro atoms. The zero-order valence-electron chi connectivity index (χ0n) is 15.2. The lowest BCUT2D eigenvalue weighted by atomic mass is 10.0. The largest absolute Gasteiger partial charge is 0.465 e. The van der Waals surface area contributed by atoms with Crippen molar-refractivity contribution in [1.82, 2.24) is 0 Å². The lowest BCUT2D eigenvalue weighted by Gasteiger charge is -2.15. The number of ether oxygens (including phenoxy) is 2. The molecule has 0 fully saturated rings. The lowest BCUT2D eigenvalue weighted by Crippen LogP contribution is -2.92. The average Bonchev–Trinajstić information content (AvgIpc) is 3.06. The summed E-state index contributed by atoms with van der Waals surface area (Å²) in [6, 6.07) is 8.42. The first kappa shape index (κ1) is 18.7. The van der Waals surface area contributed by atoms with E-state index < -0.39 is 11.9 Å². The number of quaternary nitrogens is 1. The molecular weight excluding hydrogens is 322 g/mol. The molecule has 0 amide bonds. The second-order valence-corrected chi connectivity index (χ2v) is 6.82. The second-order valence-electron chi connectivity index (χ2n) is 6.82. The van der Waals surface area contributed by atoms with Crippen LogP contribution in [-0.2, 0) is 16.0 Å². The molecule has 0 saturated carbocycles. The molecule has 134 valence electrons. The SMILES string of the molecule is COC(=O)c1cc(C(=O)OC)cc(-c2ccc(C[NH2+]C(C)(C)C)o2)c1. The maximum atomic E-state index is 11.9. The fraction of sp³-hybridized carbons (Fsp3) is 0.368. The molecule has 1 aromatic carbocycles. The van der Waals surface area contributed by atoms with Gasteiger partial charge in [-0.15, -0.1) is 0 Å². The number of carbonyl (C=O) groups is 2. The first-order valence-corrected chi connectivity index (χ1v) is 7.98. The van der Waals surface area contributed by atoms with Gasteiger partial charge in [-0.25, -0.2) is 9.59 Å². The number of furan rings is 1. The fourth-order valence-corrected chi connectivity index (χ4v) is 2.29. The Bertz CT molecular complexity index is 736. The minimum Gasteiger partial charge on any atom is -0.465 e. The van der Waals surface area contributed by atoms with Crippen molar-refractivity contribution in [1.29, 1.82) is 0 Å². The van der Waals surface area contributed by atoms with Gasteiger partial charge in [-0.3, -0.25) is 0 Å². The van der Waals surface area contributed by atoms with Crippen molar-refractivity contribution in [3.05, 3.63) is 47.2 Å². The van der Waals surface area contributed by atoms with Gasteiger partial charge in [0, 0.05) is 5.56 Å². The number of hydrogen-bond donors (Lipinski definition) is 1. The first-order valence-electron chi connectivity index (χ1n) is 7.98. The van der Waals surface area contributed by atoms with Gasteiger partial charge in [-0.05, 0) is 51.1 Å². The quantitative estimate of drug-likeness (QED) is 0.841. The molecule has 1 aromatic heterocycles. The lowest BCUT2D eigenvalue weighted by molar-refractivity contribution is -0.732. The smallest absolute Gasteiger partial charge is 0.337 e. The van der Waals surface area contributed by atoms with E-state index in [1.807, 2.05) is 12.1 Å². The van der Waals surface area contributed by atoms with Crippen LogP contribution in [0.3, 0.4) is 0 Å². The van der Waals surface area contributed by atoms with Crippen LogP contribution in [0.2, 0.25) is 0 Å². The maximum Gasteiger partial charge on any atom is 0.337 e. The van der Waals surface area contributed by atoms with Crippen LogP contribution in [0.15, 0.2) is 34.7 Å². The van der Waals surface area contributed by atoms with Crippen LogP contribution in [0.1, 0.15) is 47.2 Å². The standard InChI is InChI=1S/C19H23NO5/c1-19(2,3)20-11-15-6-7-16(25-15)12-8-13(17(21)23-4)10-14(9-12)18(22)24-5/h6-10,20H,11H2,1-5H3/p+1. The van der Waals surface area contributed by atoms with E-state index in [1.54, 1.807) is 12.1 Å². The van der Waals surface area contributed by atoms with Crippen LogP contribution < -0.4 is 5.32 Å². The Morgan fingerprint density at radius 1 is 1.00 bits per heavy atom. The Kier molecular flexibility index (Phi) is 5.64. The van der Waals surface area contributed by atoms with E-state index >= 15 is 0 Å². The Hall–Kier alpha value is -2.60. The van der Waals surface area contributed by atoms with E-state index in [0.29, 0.717) is 17.9 Å². The van der Waals surface area contributed by atoms with E-state index in [2.05, 4.69) is 26.1 Å². The van der Waals surface area contributed by atoms with Crippen molar-refractivity contribution >= 4 is 11.9 Å². The normalized spacial score (nSPS) is 11.2. The molecule has 0 radical (unpaired) electrons. The highest BCUT2D eigenvalue weighted by atomic mass is 16.5. The summed E-state index contributed by atoms with van der Waals surface area (Å²) < 4.78 is 15.4. The van der Waals surface area contributed by atoms with E-state index in [-0.39, 0.29) is 16.7 Å². The predicted octanol–water partition coefficient (Wildman–Crippen LogP) is 2.38. The minimum atomic E-state index is -0.528. The summed E-state index contributed by atoms with van der Waals surface area (Å²) in [5, 5.41) is 2.17. The molecule has 2 aromatic rings. The van der Waals surface area contributed by atoms with Crippen molar-refractivity contribution in [3.8, 4) is 11.3 Å². The van der Waals surface area contributed by atoms with Crippen LogP contribution in [-0.4, -0.2) is 31.7 Å². The number of esters is 2. The molecule has 2 rings (SSSR count). The molecule has 0 saturated heterocycles.